The van der Waals surface area contributed by atoms with Crippen LogP contribution in [-0.2, 0) is 33.3 Å². The second-order valence-electron chi connectivity index (χ2n) is 4.25. The van der Waals surface area contributed by atoms with Gasteiger partial charge in [0, 0.05) is 39.5 Å². The SMILES string of the molecule is COCCN(CCOC)C(=O)C(C)OC(=O)/C=C/C(=O)OC. The van der Waals surface area contributed by atoms with Gasteiger partial charge in [-0.3, -0.25) is 4.79 Å². The molecule has 0 rings (SSSR count). The molecule has 0 saturated heterocycles. The van der Waals surface area contributed by atoms with Crippen LogP contribution in [0, 0.1) is 0 Å². The minimum absolute atomic E-state index is 0.359. The number of rotatable bonds is 10. The summed E-state index contributed by atoms with van der Waals surface area (Å²) in [4.78, 5) is 36.0. The van der Waals surface area contributed by atoms with Crippen LogP contribution in [0.4, 0.5) is 0 Å². The molecular weight excluding hydrogens is 294 g/mol. The Morgan fingerprint density at radius 2 is 1.45 bits per heavy atom. The zero-order valence-electron chi connectivity index (χ0n) is 13.4. The van der Waals surface area contributed by atoms with Crippen molar-refractivity contribution >= 4 is 17.8 Å². The lowest BCUT2D eigenvalue weighted by molar-refractivity contribution is -0.156. The molecule has 8 nitrogen and oxygen atoms in total. The molecule has 0 radical (unpaired) electrons. The number of esters is 2. The van der Waals surface area contributed by atoms with E-state index in [1.54, 1.807) is 0 Å². The van der Waals surface area contributed by atoms with E-state index < -0.39 is 18.0 Å². The first-order chi connectivity index (χ1) is 10.5. The highest BCUT2D eigenvalue weighted by Gasteiger charge is 2.23. The molecule has 0 heterocycles. The van der Waals surface area contributed by atoms with Gasteiger partial charge in [0.25, 0.3) is 5.91 Å². The van der Waals surface area contributed by atoms with Gasteiger partial charge in [0.05, 0.1) is 20.3 Å². The minimum atomic E-state index is -0.983. The van der Waals surface area contributed by atoms with E-state index in [1.165, 1.54) is 33.2 Å². The van der Waals surface area contributed by atoms with E-state index in [-0.39, 0.29) is 5.91 Å². The van der Waals surface area contributed by atoms with Gasteiger partial charge < -0.3 is 23.8 Å². The van der Waals surface area contributed by atoms with Crippen LogP contribution in [0.2, 0.25) is 0 Å². The fraction of sp³-hybridized carbons (Fsp3) is 0.643. The summed E-state index contributed by atoms with van der Waals surface area (Å²) in [5.41, 5.74) is 0. The molecule has 0 aromatic heterocycles. The molecule has 1 unspecified atom stereocenters. The van der Waals surface area contributed by atoms with Gasteiger partial charge in [-0.15, -0.1) is 0 Å². The molecule has 0 N–H and O–H groups in total. The first kappa shape index (κ1) is 20.1. The zero-order chi connectivity index (χ0) is 17.0. The summed E-state index contributed by atoms with van der Waals surface area (Å²) in [7, 11) is 4.24. The van der Waals surface area contributed by atoms with Gasteiger partial charge >= 0.3 is 11.9 Å². The predicted molar refractivity (Wildman–Crippen MR) is 77.0 cm³/mol. The van der Waals surface area contributed by atoms with Crippen LogP contribution in [0.5, 0.6) is 0 Å². The van der Waals surface area contributed by atoms with Gasteiger partial charge in [0.1, 0.15) is 0 Å². The first-order valence-corrected chi connectivity index (χ1v) is 6.69. The van der Waals surface area contributed by atoms with E-state index >= 15 is 0 Å². The molecular formula is C14H23NO7. The van der Waals surface area contributed by atoms with Gasteiger partial charge in [-0.2, -0.15) is 0 Å². The number of carbonyl (C=O) groups is 3. The van der Waals surface area contributed by atoms with Crippen LogP contribution in [0.15, 0.2) is 12.2 Å². The Hall–Kier alpha value is -1.93. The second kappa shape index (κ2) is 11.7. The molecule has 0 bridgehead atoms. The Morgan fingerprint density at radius 3 is 1.91 bits per heavy atom. The molecule has 0 aliphatic carbocycles. The fourth-order valence-electron chi connectivity index (χ4n) is 1.46. The van der Waals surface area contributed by atoms with Crippen molar-refractivity contribution in [2.75, 3.05) is 47.6 Å². The molecule has 1 amide bonds. The average Bonchev–Trinajstić information content (AvgIpc) is 2.51. The van der Waals surface area contributed by atoms with Crippen LogP contribution >= 0.6 is 0 Å². The van der Waals surface area contributed by atoms with Crippen molar-refractivity contribution in [1.82, 2.24) is 4.90 Å². The van der Waals surface area contributed by atoms with Crippen LogP contribution in [0.3, 0.4) is 0 Å². The average molecular weight is 317 g/mol. The van der Waals surface area contributed by atoms with Crippen molar-refractivity contribution in [2.45, 2.75) is 13.0 Å². The molecule has 22 heavy (non-hydrogen) atoms. The van der Waals surface area contributed by atoms with Crippen LogP contribution < -0.4 is 0 Å². The maximum Gasteiger partial charge on any atom is 0.331 e. The van der Waals surface area contributed by atoms with Gasteiger partial charge in [0.15, 0.2) is 6.10 Å². The molecule has 0 fully saturated rings. The Kier molecular flexibility index (Phi) is 10.7. The monoisotopic (exact) mass is 317 g/mol. The third kappa shape index (κ3) is 8.38. The van der Waals surface area contributed by atoms with Crippen molar-refractivity contribution in [3.8, 4) is 0 Å². The van der Waals surface area contributed by atoms with Crippen molar-refractivity contribution in [2.24, 2.45) is 0 Å². The Labute approximate surface area is 129 Å². The van der Waals surface area contributed by atoms with Gasteiger partial charge in [-0.05, 0) is 6.92 Å². The topological polar surface area (TPSA) is 91.4 Å². The summed E-state index contributed by atoms with van der Waals surface area (Å²) >= 11 is 0. The minimum Gasteiger partial charge on any atom is -0.466 e. The smallest absolute Gasteiger partial charge is 0.331 e. The fourth-order valence-corrected chi connectivity index (χ4v) is 1.46. The van der Waals surface area contributed by atoms with Crippen molar-refractivity contribution in [3.63, 3.8) is 0 Å². The van der Waals surface area contributed by atoms with E-state index in [9.17, 15) is 14.4 Å². The molecule has 0 spiro atoms. The predicted octanol–water partition coefficient (Wildman–Crippen LogP) is -0.231. The van der Waals surface area contributed by atoms with Crippen molar-refractivity contribution in [1.29, 1.82) is 0 Å². The van der Waals surface area contributed by atoms with Gasteiger partial charge in [-0.25, -0.2) is 9.59 Å². The van der Waals surface area contributed by atoms with E-state index in [0.717, 1.165) is 12.2 Å². The number of carbonyl (C=O) groups excluding carboxylic acids is 3. The van der Waals surface area contributed by atoms with Crippen molar-refractivity contribution in [3.05, 3.63) is 12.2 Å². The summed E-state index contributed by atoms with van der Waals surface area (Å²) in [6.45, 7) is 2.90. The first-order valence-electron chi connectivity index (χ1n) is 6.69. The third-order valence-corrected chi connectivity index (χ3v) is 2.64. The van der Waals surface area contributed by atoms with E-state index in [2.05, 4.69) is 4.74 Å². The summed E-state index contributed by atoms with van der Waals surface area (Å²) < 4.78 is 19.2. The highest BCUT2D eigenvalue weighted by Crippen LogP contribution is 2.01. The highest BCUT2D eigenvalue weighted by atomic mass is 16.5. The van der Waals surface area contributed by atoms with Crippen LogP contribution in [0.1, 0.15) is 6.92 Å². The standard InChI is InChI=1S/C14H23NO7/c1-11(22-13(17)6-5-12(16)21-4)14(18)15(7-9-19-2)8-10-20-3/h5-6,11H,7-10H2,1-4H3/b6-5+. The van der Waals surface area contributed by atoms with Crippen LogP contribution in [-0.4, -0.2) is 76.5 Å². The van der Waals surface area contributed by atoms with E-state index in [0.29, 0.717) is 26.3 Å². The number of nitrogens with zero attached hydrogens (tertiary/aromatic N) is 1. The number of ether oxygens (including phenoxy) is 4. The van der Waals surface area contributed by atoms with Gasteiger partial charge in [0.2, 0.25) is 0 Å². The lowest BCUT2D eigenvalue weighted by Gasteiger charge is -2.24. The Morgan fingerprint density at radius 1 is 0.955 bits per heavy atom. The largest absolute Gasteiger partial charge is 0.466 e. The summed E-state index contributed by atoms with van der Waals surface area (Å²) in [6.07, 6.45) is 0.848. The lowest BCUT2D eigenvalue weighted by Crippen LogP contribution is -2.43. The molecule has 0 aliphatic rings. The number of hydrogen-bond donors (Lipinski definition) is 0. The van der Waals surface area contributed by atoms with Crippen molar-refractivity contribution < 1.29 is 33.3 Å². The molecule has 0 aliphatic heterocycles. The maximum absolute atomic E-state index is 12.2. The van der Waals surface area contributed by atoms with Crippen LogP contribution in [0.25, 0.3) is 0 Å². The molecule has 8 heteroatoms. The Bertz CT molecular complexity index is 387. The normalized spacial score (nSPS) is 12.0. The van der Waals surface area contributed by atoms with E-state index in [1.807, 2.05) is 0 Å². The third-order valence-electron chi connectivity index (χ3n) is 2.64. The molecule has 0 aromatic carbocycles. The zero-order valence-corrected chi connectivity index (χ0v) is 13.4. The molecule has 1 atom stereocenters. The Balaban J connectivity index is 4.53. The quantitative estimate of drug-likeness (QED) is 0.406. The summed E-state index contributed by atoms with van der Waals surface area (Å²) in [6, 6.07) is 0. The summed E-state index contributed by atoms with van der Waals surface area (Å²) in [5.74, 6) is -1.85. The number of amides is 1. The number of methoxy groups -OCH3 is 3. The second-order valence-corrected chi connectivity index (χ2v) is 4.25. The summed E-state index contributed by atoms with van der Waals surface area (Å²) in [5, 5.41) is 0. The van der Waals surface area contributed by atoms with E-state index in [4.69, 9.17) is 14.2 Å². The number of hydrogen-bond acceptors (Lipinski definition) is 7. The van der Waals surface area contributed by atoms with Gasteiger partial charge in [-0.1, -0.05) is 0 Å². The lowest BCUT2D eigenvalue weighted by atomic mass is 10.3. The maximum atomic E-state index is 12.2. The highest BCUT2D eigenvalue weighted by molar-refractivity contribution is 5.93. The molecule has 0 aromatic rings. The molecule has 126 valence electrons. The molecule has 0 saturated carbocycles.